The molecule has 1 aromatic carbocycles. The molecule has 3 nitrogen and oxygen atoms in total. The molecule has 0 spiro atoms. The van der Waals surface area contributed by atoms with Crippen molar-refractivity contribution in [2.45, 2.75) is 37.6 Å². The van der Waals surface area contributed by atoms with E-state index in [1.807, 2.05) is 18.2 Å². The number of benzene rings is 1. The average Bonchev–Trinajstić information content (AvgIpc) is 2.46. The number of carbonyl (C=O) groups is 1. The highest BCUT2D eigenvalue weighted by Crippen LogP contribution is 2.45. The number of carbonyl (C=O) groups excluding carboxylic acids is 1. The quantitative estimate of drug-likeness (QED) is 0.677. The first-order chi connectivity index (χ1) is 9.48. The van der Waals surface area contributed by atoms with Gasteiger partial charge in [0.15, 0.2) is 0 Å². The SMILES string of the molecule is C=CCNC1(C(=O)OC)CCC(C)(C)c2ccccc21. The first kappa shape index (κ1) is 14.8. The molecule has 0 saturated heterocycles. The maximum absolute atomic E-state index is 12.4. The van der Waals surface area contributed by atoms with E-state index in [4.69, 9.17) is 4.74 Å². The normalized spacial score (nSPS) is 23.8. The smallest absolute Gasteiger partial charge is 0.330 e. The summed E-state index contributed by atoms with van der Waals surface area (Å²) in [6.07, 6.45) is 3.44. The van der Waals surface area contributed by atoms with Crippen LogP contribution in [0.1, 0.15) is 37.8 Å². The molecular weight excluding hydrogens is 250 g/mol. The summed E-state index contributed by atoms with van der Waals surface area (Å²) in [5.74, 6) is -0.220. The molecule has 0 heterocycles. The van der Waals surface area contributed by atoms with Gasteiger partial charge in [-0.05, 0) is 29.4 Å². The second-order valence-electron chi connectivity index (χ2n) is 6.00. The van der Waals surface area contributed by atoms with Crippen molar-refractivity contribution in [2.24, 2.45) is 0 Å². The average molecular weight is 273 g/mol. The van der Waals surface area contributed by atoms with E-state index in [0.29, 0.717) is 6.54 Å². The van der Waals surface area contributed by atoms with Gasteiger partial charge in [-0.1, -0.05) is 44.2 Å². The fraction of sp³-hybridized carbons (Fsp3) is 0.471. The number of fused-ring (bicyclic) bond motifs is 1. The third-order valence-electron chi connectivity index (χ3n) is 4.32. The third kappa shape index (κ3) is 2.27. The lowest BCUT2D eigenvalue weighted by Gasteiger charge is -2.43. The van der Waals surface area contributed by atoms with Crippen LogP contribution in [0.15, 0.2) is 36.9 Å². The lowest BCUT2D eigenvalue weighted by molar-refractivity contribution is -0.150. The van der Waals surface area contributed by atoms with Crippen LogP contribution < -0.4 is 5.32 Å². The maximum Gasteiger partial charge on any atom is 0.330 e. The first-order valence-corrected chi connectivity index (χ1v) is 7.02. The van der Waals surface area contributed by atoms with Gasteiger partial charge in [0.25, 0.3) is 0 Å². The topological polar surface area (TPSA) is 38.3 Å². The van der Waals surface area contributed by atoms with E-state index in [1.165, 1.54) is 12.7 Å². The fourth-order valence-electron chi connectivity index (χ4n) is 3.10. The molecule has 0 aromatic heterocycles. The lowest BCUT2D eigenvalue weighted by Crippen LogP contribution is -2.54. The molecule has 0 radical (unpaired) electrons. The minimum Gasteiger partial charge on any atom is -0.467 e. The number of methoxy groups -OCH3 is 1. The zero-order valence-electron chi connectivity index (χ0n) is 12.5. The Balaban J connectivity index is 2.58. The standard InChI is InChI=1S/C17H23NO2/c1-5-12-18-17(15(19)20-4)11-10-16(2,3)13-8-6-7-9-14(13)17/h5-9,18H,1,10-12H2,2-4H3. The second-order valence-corrected chi connectivity index (χ2v) is 6.00. The molecule has 0 fully saturated rings. The Hall–Kier alpha value is -1.61. The molecule has 0 amide bonds. The molecule has 2 rings (SSSR count). The predicted octanol–water partition coefficient (Wildman–Crippen LogP) is 2.90. The first-order valence-electron chi connectivity index (χ1n) is 7.02. The summed E-state index contributed by atoms with van der Waals surface area (Å²) in [6, 6.07) is 8.15. The number of hydrogen-bond donors (Lipinski definition) is 1. The van der Waals surface area contributed by atoms with Crippen LogP contribution in [-0.4, -0.2) is 19.6 Å². The molecule has 0 saturated carbocycles. The van der Waals surface area contributed by atoms with Crippen LogP contribution in [-0.2, 0) is 20.5 Å². The molecule has 0 aliphatic heterocycles. The van der Waals surface area contributed by atoms with Gasteiger partial charge in [0, 0.05) is 6.54 Å². The summed E-state index contributed by atoms with van der Waals surface area (Å²) in [7, 11) is 1.45. The number of ether oxygens (including phenoxy) is 1. The van der Waals surface area contributed by atoms with E-state index in [1.54, 1.807) is 6.08 Å². The Morgan fingerprint density at radius 3 is 2.60 bits per heavy atom. The van der Waals surface area contributed by atoms with Gasteiger partial charge >= 0.3 is 5.97 Å². The Morgan fingerprint density at radius 1 is 1.35 bits per heavy atom. The summed E-state index contributed by atoms with van der Waals surface area (Å²) in [4.78, 5) is 12.4. The van der Waals surface area contributed by atoms with Crippen LogP contribution in [0.4, 0.5) is 0 Å². The second kappa shape index (κ2) is 5.41. The summed E-state index contributed by atoms with van der Waals surface area (Å²) in [6.45, 7) is 8.75. The van der Waals surface area contributed by atoms with Crippen LogP contribution in [0.5, 0.6) is 0 Å². The molecule has 1 atom stereocenters. The molecule has 1 aliphatic carbocycles. The lowest BCUT2D eigenvalue weighted by atomic mass is 9.65. The van der Waals surface area contributed by atoms with Crippen molar-refractivity contribution in [3.8, 4) is 0 Å². The monoisotopic (exact) mass is 273 g/mol. The van der Waals surface area contributed by atoms with Gasteiger partial charge in [-0.3, -0.25) is 5.32 Å². The zero-order chi connectivity index (χ0) is 14.8. The van der Waals surface area contributed by atoms with E-state index in [2.05, 4.69) is 31.8 Å². The largest absolute Gasteiger partial charge is 0.467 e. The predicted molar refractivity (Wildman–Crippen MR) is 80.6 cm³/mol. The van der Waals surface area contributed by atoms with Gasteiger partial charge < -0.3 is 4.74 Å². The highest BCUT2D eigenvalue weighted by atomic mass is 16.5. The van der Waals surface area contributed by atoms with Gasteiger partial charge in [-0.15, -0.1) is 6.58 Å². The fourth-order valence-corrected chi connectivity index (χ4v) is 3.10. The van der Waals surface area contributed by atoms with Crippen molar-refractivity contribution < 1.29 is 9.53 Å². The summed E-state index contributed by atoms with van der Waals surface area (Å²) >= 11 is 0. The molecule has 1 N–H and O–H groups in total. The van der Waals surface area contributed by atoms with E-state index in [9.17, 15) is 4.79 Å². The maximum atomic E-state index is 12.4. The molecule has 1 aliphatic rings. The molecule has 1 unspecified atom stereocenters. The molecule has 3 heteroatoms. The van der Waals surface area contributed by atoms with Gasteiger partial charge in [0.2, 0.25) is 0 Å². The molecule has 108 valence electrons. The molecule has 1 aromatic rings. The van der Waals surface area contributed by atoms with Crippen LogP contribution in [0, 0.1) is 0 Å². The van der Waals surface area contributed by atoms with E-state index < -0.39 is 5.54 Å². The minimum atomic E-state index is -0.755. The van der Waals surface area contributed by atoms with Gasteiger partial charge in [0.05, 0.1) is 7.11 Å². The van der Waals surface area contributed by atoms with Gasteiger partial charge in [-0.25, -0.2) is 4.79 Å². The van der Waals surface area contributed by atoms with Crippen molar-refractivity contribution in [3.63, 3.8) is 0 Å². The molecule has 0 bridgehead atoms. The van der Waals surface area contributed by atoms with E-state index >= 15 is 0 Å². The zero-order valence-corrected chi connectivity index (χ0v) is 12.5. The van der Waals surface area contributed by atoms with Crippen LogP contribution in [0.3, 0.4) is 0 Å². The van der Waals surface area contributed by atoms with Gasteiger partial charge in [-0.2, -0.15) is 0 Å². The Bertz CT molecular complexity index is 521. The van der Waals surface area contributed by atoms with Crippen molar-refractivity contribution in [3.05, 3.63) is 48.0 Å². The van der Waals surface area contributed by atoms with Crippen molar-refractivity contribution >= 4 is 5.97 Å². The molecule has 20 heavy (non-hydrogen) atoms. The van der Waals surface area contributed by atoms with Crippen LogP contribution >= 0.6 is 0 Å². The molecular formula is C17H23NO2. The summed E-state index contributed by atoms with van der Waals surface area (Å²) < 4.78 is 5.08. The highest BCUT2D eigenvalue weighted by molar-refractivity contribution is 5.84. The van der Waals surface area contributed by atoms with E-state index in [0.717, 1.165) is 18.4 Å². The van der Waals surface area contributed by atoms with Crippen LogP contribution in [0.25, 0.3) is 0 Å². The minimum absolute atomic E-state index is 0.0734. The van der Waals surface area contributed by atoms with Crippen molar-refractivity contribution in [2.75, 3.05) is 13.7 Å². The Morgan fingerprint density at radius 2 is 2.00 bits per heavy atom. The number of esters is 1. The van der Waals surface area contributed by atoms with Crippen LogP contribution in [0.2, 0.25) is 0 Å². The summed E-state index contributed by atoms with van der Waals surface area (Å²) in [5.41, 5.74) is 1.57. The Labute approximate surface area is 121 Å². The number of rotatable bonds is 4. The summed E-state index contributed by atoms with van der Waals surface area (Å²) in [5, 5.41) is 3.34. The van der Waals surface area contributed by atoms with Gasteiger partial charge in [0.1, 0.15) is 5.54 Å². The third-order valence-corrected chi connectivity index (χ3v) is 4.32. The highest BCUT2D eigenvalue weighted by Gasteiger charge is 2.48. The Kier molecular flexibility index (Phi) is 4.00. The number of nitrogens with one attached hydrogen (secondary N) is 1. The van der Waals surface area contributed by atoms with Crippen molar-refractivity contribution in [1.29, 1.82) is 0 Å². The van der Waals surface area contributed by atoms with E-state index in [-0.39, 0.29) is 11.4 Å². The number of hydrogen-bond acceptors (Lipinski definition) is 3. The van der Waals surface area contributed by atoms with Crippen molar-refractivity contribution in [1.82, 2.24) is 5.32 Å².